The van der Waals surface area contributed by atoms with Crippen LogP contribution in [0.5, 0.6) is 0 Å². The van der Waals surface area contributed by atoms with Crippen molar-refractivity contribution in [3.63, 3.8) is 0 Å². The molecule has 5 heteroatoms. The largest absolute Gasteiger partial charge is 0.455 e. The number of carbonyl (C=O) groups is 1. The highest BCUT2D eigenvalue weighted by atomic mass is 79.9. The van der Waals surface area contributed by atoms with Gasteiger partial charge in [-0.15, -0.1) is 0 Å². The van der Waals surface area contributed by atoms with E-state index in [0.717, 1.165) is 5.56 Å². The van der Waals surface area contributed by atoms with E-state index in [1.807, 2.05) is 0 Å². The van der Waals surface area contributed by atoms with Crippen LogP contribution in [0.3, 0.4) is 0 Å². The lowest BCUT2D eigenvalue weighted by molar-refractivity contribution is 0.0434. The van der Waals surface area contributed by atoms with Gasteiger partial charge in [0.1, 0.15) is 6.61 Å². The number of furan rings is 1. The first-order chi connectivity index (χ1) is 8.15. The predicted octanol–water partition coefficient (Wildman–Crippen LogP) is 4.05. The highest BCUT2D eigenvalue weighted by Gasteiger charge is 2.11. The molecule has 0 saturated carbocycles. The summed E-state index contributed by atoms with van der Waals surface area (Å²) in [5.41, 5.74) is 0.869. The summed E-state index contributed by atoms with van der Waals surface area (Å²) in [7, 11) is 0. The molecule has 0 N–H and O–H groups in total. The van der Waals surface area contributed by atoms with Crippen molar-refractivity contribution in [2.75, 3.05) is 0 Å². The van der Waals surface area contributed by atoms with Crippen LogP contribution in [0, 0.1) is 0 Å². The van der Waals surface area contributed by atoms with Crippen LogP contribution in [-0.2, 0) is 11.3 Å². The van der Waals surface area contributed by atoms with Crippen LogP contribution in [-0.4, -0.2) is 5.97 Å². The molecule has 0 spiro atoms. The standard InChI is InChI=1S/C12H8BrClO3/c13-11-6-5-10(17-11)12(15)16-7-8-1-3-9(14)4-2-8/h1-6H,7H2. The molecule has 2 aromatic rings. The lowest BCUT2D eigenvalue weighted by Crippen LogP contribution is -2.03. The van der Waals surface area contributed by atoms with Gasteiger partial charge in [-0.25, -0.2) is 4.79 Å². The van der Waals surface area contributed by atoms with Crippen LogP contribution >= 0.6 is 27.5 Å². The van der Waals surface area contributed by atoms with Crippen LogP contribution in [0.25, 0.3) is 0 Å². The van der Waals surface area contributed by atoms with Crippen molar-refractivity contribution in [2.24, 2.45) is 0 Å². The summed E-state index contributed by atoms with van der Waals surface area (Å²) in [5.74, 6) is -0.323. The number of benzene rings is 1. The molecule has 0 bridgehead atoms. The predicted molar refractivity (Wildman–Crippen MR) is 67.0 cm³/mol. The summed E-state index contributed by atoms with van der Waals surface area (Å²) in [6.07, 6.45) is 0. The first-order valence-corrected chi connectivity index (χ1v) is 5.99. The van der Waals surface area contributed by atoms with Gasteiger partial charge in [-0.3, -0.25) is 0 Å². The van der Waals surface area contributed by atoms with Gasteiger partial charge in [-0.05, 0) is 45.8 Å². The van der Waals surface area contributed by atoms with Crippen LogP contribution in [0.15, 0.2) is 45.5 Å². The Labute approximate surface area is 111 Å². The first-order valence-electron chi connectivity index (χ1n) is 4.82. The van der Waals surface area contributed by atoms with Gasteiger partial charge < -0.3 is 9.15 Å². The zero-order chi connectivity index (χ0) is 12.3. The molecule has 0 aliphatic heterocycles. The Morgan fingerprint density at radius 3 is 2.53 bits per heavy atom. The molecule has 0 unspecified atom stereocenters. The van der Waals surface area contributed by atoms with Gasteiger partial charge in [0, 0.05) is 5.02 Å². The van der Waals surface area contributed by atoms with E-state index < -0.39 is 5.97 Å². The molecule has 0 fully saturated rings. The molecule has 3 nitrogen and oxygen atoms in total. The van der Waals surface area contributed by atoms with Crippen LogP contribution in [0.4, 0.5) is 0 Å². The summed E-state index contributed by atoms with van der Waals surface area (Å²) < 4.78 is 10.6. The van der Waals surface area contributed by atoms with E-state index in [1.165, 1.54) is 0 Å². The molecular weight excluding hydrogens is 307 g/mol. The fourth-order valence-electron chi connectivity index (χ4n) is 1.22. The maximum atomic E-state index is 11.5. The summed E-state index contributed by atoms with van der Waals surface area (Å²) in [5, 5.41) is 0.648. The van der Waals surface area contributed by atoms with E-state index in [-0.39, 0.29) is 12.4 Å². The summed E-state index contributed by atoms with van der Waals surface area (Å²) >= 11 is 8.86. The monoisotopic (exact) mass is 314 g/mol. The van der Waals surface area contributed by atoms with E-state index in [2.05, 4.69) is 15.9 Å². The third-order valence-corrected chi connectivity index (χ3v) is 2.74. The molecule has 0 saturated heterocycles. The lowest BCUT2D eigenvalue weighted by atomic mass is 10.2. The molecule has 2 rings (SSSR count). The Morgan fingerprint density at radius 1 is 1.24 bits per heavy atom. The number of ether oxygens (including phenoxy) is 1. The molecule has 0 aliphatic carbocycles. The zero-order valence-corrected chi connectivity index (χ0v) is 11.0. The fourth-order valence-corrected chi connectivity index (χ4v) is 1.66. The zero-order valence-electron chi connectivity index (χ0n) is 8.65. The van der Waals surface area contributed by atoms with E-state index in [4.69, 9.17) is 20.8 Å². The third kappa shape index (κ3) is 3.35. The lowest BCUT2D eigenvalue weighted by Gasteiger charge is -2.02. The molecule has 1 aromatic heterocycles. The number of esters is 1. The SMILES string of the molecule is O=C(OCc1ccc(Cl)cc1)c1ccc(Br)o1. The van der Waals surface area contributed by atoms with Crippen molar-refractivity contribution in [3.05, 3.63) is 57.4 Å². The van der Waals surface area contributed by atoms with Gasteiger partial charge in [-0.2, -0.15) is 0 Å². The number of halogens is 2. The third-order valence-electron chi connectivity index (χ3n) is 2.06. The van der Waals surface area contributed by atoms with Gasteiger partial charge in [-0.1, -0.05) is 23.7 Å². The fraction of sp³-hybridized carbons (Fsp3) is 0.0833. The van der Waals surface area contributed by atoms with Gasteiger partial charge in [0.15, 0.2) is 4.67 Å². The molecule has 88 valence electrons. The topological polar surface area (TPSA) is 39.4 Å². The van der Waals surface area contributed by atoms with E-state index in [1.54, 1.807) is 36.4 Å². The quantitative estimate of drug-likeness (QED) is 0.802. The number of carbonyl (C=O) groups excluding carboxylic acids is 1. The van der Waals surface area contributed by atoms with Gasteiger partial charge in [0.25, 0.3) is 0 Å². The highest BCUT2D eigenvalue weighted by molar-refractivity contribution is 9.10. The average Bonchev–Trinajstić information content (AvgIpc) is 2.75. The van der Waals surface area contributed by atoms with Crippen LogP contribution in [0.2, 0.25) is 5.02 Å². The van der Waals surface area contributed by atoms with Crippen molar-refractivity contribution >= 4 is 33.5 Å². The van der Waals surface area contributed by atoms with Crippen molar-refractivity contribution in [3.8, 4) is 0 Å². The molecule has 0 aliphatic rings. The number of hydrogen-bond donors (Lipinski definition) is 0. The maximum absolute atomic E-state index is 11.5. The average molecular weight is 316 g/mol. The normalized spacial score (nSPS) is 10.2. The first kappa shape index (κ1) is 12.2. The highest BCUT2D eigenvalue weighted by Crippen LogP contribution is 2.16. The Kier molecular flexibility index (Phi) is 3.86. The molecule has 1 aromatic carbocycles. The Balaban J connectivity index is 1.94. The minimum absolute atomic E-state index is 0.172. The van der Waals surface area contributed by atoms with E-state index >= 15 is 0 Å². The van der Waals surface area contributed by atoms with Crippen LogP contribution in [0.1, 0.15) is 16.1 Å². The minimum Gasteiger partial charge on any atom is -0.455 e. The van der Waals surface area contributed by atoms with E-state index in [9.17, 15) is 4.79 Å². The Morgan fingerprint density at radius 2 is 1.94 bits per heavy atom. The van der Waals surface area contributed by atoms with E-state index in [0.29, 0.717) is 9.69 Å². The summed E-state index contributed by atoms with van der Waals surface area (Å²) in [6.45, 7) is 0.189. The second kappa shape index (κ2) is 5.38. The van der Waals surface area contributed by atoms with Crippen molar-refractivity contribution in [2.45, 2.75) is 6.61 Å². The van der Waals surface area contributed by atoms with Crippen molar-refractivity contribution in [1.29, 1.82) is 0 Å². The smallest absolute Gasteiger partial charge is 0.374 e. The van der Waals surface area contributed by atoms with Crippen molar-refractivity contribution in [1.82, 2.24) is 0 Å². The maximum Gasteiger partial charge on any atom is 0.374 e. The molecule has 0 radical (unpaired) electrons. The van der Waals surface area contributed by atoms with Crippen molar-refractivity contribution < 1.29 is 13.9 Å². The second-order valence-corrected chi connectivity index (χ2v) is 4.52. The van der Waals surface area contributed by atoms with Gasteiger partial charge >= 0.3 is 5.97 Å². The molecule has 0 amide bonds. The second-order valence-electron chi connectivity index (χ2n) is 3.31. The summed E-state index contributed by atoms with van der Waals surface area (Å²) in [4.78, 5) is 11.5. The molecule has 0 atom stereocenters. The van der Waals surface area contributed by atoms with Gasteiger partial charge in [0.05, 0.1) is 0 Å². The number of hydrogen-bond acceptors (Lipinski definition) is 3. The minimum atomic E-state index is -0.495. The number of rotatable bonds is 3. The Bertz CT molecular complexity index is 519. The molecule has 17 heavy (non-hydrogen) atoms. The molecule has 1 heterocycles. The summed E-state index contributed by atoms with van der Waals surface area (Å²) in [6, 6.07) is 10.3. The van der Waals surface area contributed by atoms with Crippen LogP contribution < -0.4 is 0 Å². The Hall–Kier alpha value is -1.26. The van der Waals surface area contributed by atoms with Gasteiger partial charge in [0.2, 0.25) is 5.76 Å². The molecular formula is C12H8BrClO3.